The minimum Gasteiger partial charge on any atom is -0.369 e. The van der Waals surface area contributed by atoms with Crippen LogP contribution in [0.3, 0.4) is 0 Å². The maximum atomic E-state index is 12.2. The number of carbonyl (C=O) groups is 2. The van der Waals surface area contributed by atoms with Gasteiger partial charge in [-0.3, -0.25) is 9.59 Å². The highest BCUT2D eigenvalue weighted by Crippen LogP contribution is 2.17. The van der Waals surface area contributed by atoms with Gasteiger partial charge in [-0.25, -0.2) is 0 Å². The molecule has 0 aliphatic carbocycles. The van der Waals surface area contributed by atoms with Crippen LogP contribution in [0.4, 0.5) is 0 Å². The molecule has 5 heteroatoms. The smallest absolute Gasteiger partial charge is 0.254 e. The van der Waals surface area contributed by atoms with Crippen LogP contribution in [-0.4, -0.2) is 48.6 Å². The molecule has 1 saturated heterocycles. The normalized spacial score (nSPS) is 21.9. The van der Waals surface area contributed by atoms with Gasteiger partial charge in [0.1, 0.15) is 11.6 Å². The van der Waals surface area contributed by atoms with Crippen molar-refractivity contribution in [2.24, 2.45) is 0 Å². The molecular formula is C11H20N2O3. The van der Waals surface area contributed by atoms with Gasteiger partial charge in [-0.15, -0.1) is 0 Å². The van der Waals surface area contributed by atoms with Crippen LogP contribution in [-0.2, 0) is 14.3 Å². The molecule has 1 heterocycles. The van der Waals surface area contributed by atoms with E-state index in [1.54, 1.807) is 18.7 Å². The number of hydrogen-bond acceptors (Lipinski definition) is 3. The van der Waals surface area contributed by atoms with E-state index in [1.807, 2.05) is 6.92 Å². The van der Waals surface area contributed by atoms with E-state index in [2.05, 4.69) is 5.32 Å². The summed E-state index contributed by atoms with van der Waals surface area (Å²) in [6.07, 6.45) is 0.622. The molecule has 0 saturated carbocycles. The fourth-order valence-corrected chi connectivity index (χ4v) is 1.80. The molecule has 1 fully saturated rings. The molecule has 16 heavy (non-hydrogen) atoms. The molecule has 92 valence electrons. The van der Waals surface area contributed by atoms with Gasteiger partial charge in [0.2, 0.25) is 5.91 Å². The second-order valence-corrected chi connectivity index (χ2v) is 4.43. The zero-order valence-electron chi connectivity index (χ0n) is 10.4. The minimum atomic E-state index is -0.870. The van der Waals surface area contributed by atoms with E-state index >= 15 is 0 Å². The monoisotopic (exact) mass is 228 g/mol. The van der Waals surface area contributed by atoms with Gasteiger partial charge in [-0.1, -0.05) is 6.92 Å². The number of hydrogen-bond donors (Lipinski definition) is 1. The van der Waals surface area contributed by atoms with Gasteiger partial charge in [-0.05, 0) is 20.3 Å². The molecule has 0 spiro atoms. The molecule has 0 aromatic heterocycles. The second kappa shape index (κ2) is 4.82. The lowest BCUT2D eigenvalue weighted by Crippen LogP contribution is -2.61. The number of ether oxygens (including phenoxy) is 1. The van der Waals surface area contributed by atoms with Crippen LogP contribution in [0.2, 0.25) is 0 Å². The predicted molar refractivity (Wildman–Crippen MR) is 59.9 cm³/mol. The molecule has 1 rings (SSSR count). The molecular weight excluding hydrogens is 208 g/mol. The molecule has 0 radical (unpaired) electrons. The van der Waals surface area contributed by atoms with Crippen molar-refractivity contribution in [3.63, 3.8) is 0 Å². The lowest BCUT2D eigenvalue weighted by Gasteiger charge is -2.38. The highest BCUT2D eigenvalue weighted by molar-refractivity contribution is 5.92. The molecule has 1 atom stereocenters. The molecule has 5 nitrogen and oxygen atoms in total. The van der Waals surface area contributed by atoms with Crippen LogP contribution < -0.4 is 5.32 Å². The fraction of sp³-hybridized carbons (Fsp3) is 0.818. The predicted octanol–water partition coefficient (Wildman–Crippen LogP) is 0.148. The molecule has 1 aliphatic heterocycles. The van der Waals surface area contributed by atoms with Crippen molar-refractivity contribution in [1.82, 2.24) is 10.2 Å². The molecule has 1 aliphatic rings. The number of nitrogens with one attached hydrogen (secondary N) is 1. The maximum Gasteiger partial charge on any atom is 0.254 e. The van der Waals surface area contributed by atoms with E-state index < -0.39 is 5.60 Å². The van der Waals surface area contributed by atoms with Gasteiger partial charge in [0.15, 0.2) is 0 Å². The Morgan fingerprint density at radius 1 is 1.62 bits per heavy atom. The zero-order chi connectivity index (χ0) is 12.3. The fourth-order valence-electron chi connectivity index (χ4n) is 1.80. The number of methoxy groups -OCH3 is 1. The van der Waals surface area contributed by atoms with Crippen molar-refractivity contribution in [2.45, 2.75) is 38.8 Å². The molecule has 0 bridgehead atoms. The third kappa shape index (κ3) is 2.35. The van der Waals surface area contributed by atoms with Crippen molar-refractivity contribution < 1.29 is 14.3 Å². The maximum absolute atomic E-state index is 12.2. The first-order valence-corrected chi connectivity index (χ1v) is 5.58. The van der Waals surface area contributed by atoms with Gasteiger partial charge in [0, 0.05) is 20.2 Å². The number of piperazine rings is 1. The standard InChI is InChI=1S/C11H20N2O3/c1-5-8-9(14)12-6-7-13(8)10(15)11(2,3)16-4/h8H,5-7H2,1-4H3,(H,12,14). The van der Waals surface area contributed by atoms with Crippen molar-refractivity contribution in [3.8, 4) is 0 Å². The Kier molecular flexibility index (Phi) is 3.91. The Hall–Kier alpha value is -1.10. The first-order chi connectivity index (χ1) is 7.44. The third-order valence-corrected chi connectivity index (χ3v) is 3.00. The van der Waals surface area contributed by atoms with Gasteiger partial charge in [-0.2, -0.15) is 0 Å². The van der Waals surface area contributed by atoms with Crippen molar-refractivity contribution in [3.05, 3.63) is 0 Å². The van der Waals surface area contributed by atoms with E-state index in [-0.39, 0.29) is 17.9 Å². The van der Waals surface area contributed by atoms with E-state index in [1.165, 1.54) is 7.11 Å². The highest BCUT2D eigenvalue weighted by atomic mass is 16.5. The van der Waals surface area contributed by atoms with Gasteiger partial charge >= 0.3 is 0 Å². The van der Waals surface area contributed by atoms with Crippen LogP contribution in [0.25, 0.3) is 0 Å². The summed E-state index contributed by atoms with van der Waals surface area (Å²) in [6, 6.07) is -0.365. The lowest BCUT2D eigenvalue weighted by molar-refractivity contribution is -0.158. The number of nitrogens with zero attached hydrogens (tertiary/aromatic N) is 1. The lowest BCUT2D eigenvalue weighted by atomic mass is 10.0. The zero-order valence-corrected chi connectivity index (χ0v) is 10.4. The van der Waals surface area contributed by atoms with E-state index in [9.17, 15) is 9.59 Å². The Bertz CT molecular complexity index is 289. The molecule has 0 aromatic rings. The van der Waals surface area contributed by atoms with Crippen LogP contribution in [0.1, 0.15) is 27.2 Å². The summed E-state index contributed by atoms with van der Waals surface area (Å²) in [4.78, 5) is 25.4. The van der Waals surface area contributed by atoms with Crippen molar-refractivity contribution >= 4 is 11.8 Å². The Morgan fingerprint density at radius 3 is 2.75 bits per heavy atom. The third-order valence-electron chi connectivity index (χ3n) is 3.00. The van der Waals surface area contributed by atoms with Crippen molar-refractivity contribution in [2.75, 3.05) is 20.2 Å². The largest absolute Gasteiger partial charge is 0.369 e. The molecule has 1 N–H and O–H groups in total. The first kappa shape index (κ1) is 13.0. The topological polar surface area (TPSA) is 58.6 Å². The summed E-state index contributed by atoms with van der Waals surface area (Å²) in [5, 5.41) is 2.76. The van der Waals surface area contributed by atoms with Crippen LogP contribution in [0, 0.1) is 0 Å². The summed E-state index contributed by atoms with van der Waals surface area (Å²) in [7, 11) is 1.50. The quantitative estimate of drug-likeness (QED) is 0.748. The van der Waals surface area contributed by atoms with Crippen molar-refractivity contribution in [1.29, 1.82) is 0 Å². The Morgan fingerprint density at radius 2 is 2.25 bits per heavy atom. The van der Waals surface area contributed by atoms with Crippen LogP contribution in [0.5, 0.6) is 0 Å². The SMILES string of the molecule is CCC1C(=O)NCCN1C(=O)C(C)(C)OC. The molecule has 1 unspecified atom stereocenters. The summed E-state index contributed by atoms with van der Waals surface area (Å²) in [5.41, 5.74) is -0.870. The number of amides is 2. The van der Waals surface area contributed by atoms with E-state index in [0.29, 0.717) is 19.5 Å². The van der Waals surface area contributed by atoms with E-state index in [0.717, 1.165) is 0 Å². The average molecular weight is 228 g/mol. The molecule has 2 amide bonds. The summed E-state index contributed by atoms with van der Waals surface area (Å²) < 4.78 is 5.16. The molecule has 0 aromatic carbocycles. The number of carbonyl (C=O) groups excluding carboxylic acids is 2. The Labute approximate surface area is 96.1 Å². The van der Waals surface area contributed by atoms with Gasteiger partial charge in [0.25, 0.3) is 5.91 Å². The summed E-state index contributed by atoms with van der Waals surface area (Å²) in [6.45, 7) is 6.40. The average Bonchev–Trinajstić information content (AvgIpc) is 2.27. The Balaban J connectivity index is 2.85. The van der Waals surface area contributed by atoms with Crippen LogP contribution in [0.15, 0.2) is 0 Å². The highest BCUT2D eigenvalue weighted by Gasteiger charge is 2.39. The number of rotatable bonds is 3. The van der Waals surface area contributed by atoms with Crippen LogP contribution >= 0.6 is 0 Å². The summed E-state index contributed by atoms with van der Waals surface area (Å²) >= 11 is 0. The van der Waals surface area contributed by atoms with Gasteiger partial charge in [0.05, 0.1) is 0 Å². The second-order valence-electron chi connectivity index (χ2n) is 4.43. The first-order valence-electron chi connectivity index (χ1n) is 5.58. The summed E-state index contributed by atoms with van der Waals surface area (Å²) in [5.74, 6) is -0.203. The van der Waals surface area contributed by atoms with E-state index in [4.69, 9.17) is 4.74 Å². The minimum absolute atomic E-state index is 0.0750. The van der Waals surface area contributed by atoms with Gasteiger partial charge < -0.3 is 15.0 Å².